The zero-order chi connectivity index (χ0) is 14.5. The van der Waals surface area contributed by atoms with E-state index in [1.54, 1.807) is 11.8 Å². The summed E-state index contributed by atoms with van der Waals surface area (Å²) in [4.78, 5) is 13.9. The molecule has 0 saturated carbocycles. The average molecular weight is 321 g/mol. The molecule has 0 radical (unpaired) electrons. The third-order valence-electron chi connectivity index (χ3n) is 3.20. The number of halogens is 3. The van der Waals surface area contributed by atoms with E-state index in [-0.39, 0.29) is 24.1 Å². The maximum absolute atomic E-state index is 13.1. The normalized spacial score (nSPS) is 16.6. The highest BCUT2D eigenvalue weighted by Gasteiger charge is 2.22. The molecule has 2 rings (SSSR count). The van der Waals surface area contributed by atoms with Crippen molar-refractivity contribution in [3.8, 4) is 5.75 Å². The van der Waals surface area contributed by atoms with Crippen molar-refractivity contribution >= 4 is 18.3 Å². The second-order valence-corrected chi connectivity index (χ2v) is 4.76. The van der Waals surface area contributed by atoms with Crippen LogP contribution in [0.4, 0.5) is 8.78 Å². The minimum Gasteiger partial charge on any atom is -0.481 e. The van der Waals surface area contributed by atoms with Gasteiger partial charge in [-0.2, -0.15) is 0 Å². The van der Waals surface area contributed by atoms with E-state index in [0.717, 1.165) is 31.6 Å². The molecule has 4 nitrogen and oxygen atoms in total. The second kappa shape index (κ2) is 8.14. The topological polar surface area (TPSA) is 41.6 Å². The molecule has 118 valence electrons. The summed E-state index contributed by atoms with van der Waals surface area (Å²) in [6.07, 6.45) is 0.168. The Bertz CT molecular complexity index is 480. The van der Waals surface area contributed by atoms with Crippen molar-refractivity contribution in [1.29, 1.82) is 0 Å². The van der Waals surface area contributed by atoms with Crippen molar-refractivity contribution in [2.24, 2.45) is 0 Å². The highest BCUT2D eigenvalue weighted by atomic mass is 35.5. The molecule has 1 fully saturated rings. The van der Waals surface area contributed by atoms with Crippen molar-refractivity contribution < 1.29 is 18.3 Å². The molecule has 1 saturated heterocycles. The van der Waals surface area contributed by atoms with Crippen LogP contribution in [0.25, 0.3) is 0 Å². The van der Waals surface area contributed by atoms with Gasteiger partial charge in [0, 0.05) is 25.7 Å². The first kappa shape index (κ1) is 17.7. The van der Waals surface area contributed by atoms with E-state index in [0.29, 0.717) is 13.1 Å². The van der Waals surface area contributed by atoms with E-state index < -0.39 is 17.7 Å². The molecular formula is C14H19ClF2N2O2. The fourth-order valence-corrected chi connectivity index (χ4v) is 2.13. The molecule has 1 aromatic rings. The number of benzene rings is 1. The third kappa shape index (κ3) is 4.82. The zero-order valence-corrected chi connectivity index (χ0v) is 12.6. The molecule has 1 amide bonds. The second-order valence-electron chi connectivity index (χ2n) is 4.76. The number of nitrogens with one attached hydrogen (secondary N) is 1. The van der Waals surface area contributed by atoms with E-state index in [9.17, 15) is 13.6 Å². The van der Waals surface area contributed by atoms with Gasteiger partial charge in [-0.25, -0.2) is 8.78 Å². The fraction of sp³-hybridized carbons (Fsp3) is 0.500. The Labute approximate surface area is 128 Å². The lowest BCUT2D eigenvalue weighted by Gasteiger charge is -2.24. The predicted octanol–water partition coefficient (Wildman–Crippen LogP) is 1.98. The molecule has 1 aliphatic heterocycles. The Hall–Kier alpha value is -1.40. The van der Waals surface area contributed by atoms with E-state index >= 15 is 0 Å². The summed E-state index contributed by atoms with van der Waals surface area (Å²) in [7, 11) is 0. The van der Waals surface area contributed by atoms with E-state index in [2.05, 4.69) is 5.32 Å². The average Bonchev–Trinajstić information content (AvgIpc) is 2.71. The number of ether oxygens (including phenoxy) is 1. The molecule has 1 aromatic carbocycles. The van der Waals surface area contributed by atoms with E-state index in [4.69, 9.17) is 4.74 Å². The summed E-state index contributed by atoms with van der Waals surface area (Å²) in [5.74, 6) is -1.91. The van der Waals surface area contributed by atoms with Crippen LogP contribution in [0.15, 0.2) is 18.2 Å². The summed E-state index contributed by atoms with van der Waals surface area (Å²) in [5, 5.41) is 3.21. The smallest absolute Gasteiger partial charge is 0.263 e. The molecule has 1 heterocycles. The first-order valence-corrected chi connectivity index (χ1v) is 6.69. The molecule has 0 spiro atoms. The molecule has 1 aliphatic rings. The quantitative estimate of drug-likeness (QED) is 0.926. The molecule has 0 bridgehead atoms. The summed E-state index contributed by atoms with van der Waals surface area (Å²) >= 11 is 0. The van der Waals surface area contributed by atoms with Crippen LogP contribution in [0.2, 0.25) is 0 Å². The Morgan fingerprint density at radius 2 is 2.05 bits per heavy atom. The van der Waals surface area contributed by atoms with Gasteiger partial charge in [0.25, 0.3) is 5.91 Å². The molecule has 1 N–H and O–H groups in total. The highest BCUT2D eigenvalue weighted by Crippen LogP contribution is 2.17. The SMILES string of the molecule is CC(Oc1ccc(F)c(F)c1)C(=O)N1CCCNCC1.Cl. The Morgan fingerprint density at radius 3 is 2.76 bits per heavy atom. The Kier molecular flexibility index (Phi) is 6.84. The van der Waals surface area contributed by atoms with Gasteiger partial charge in [-0.1, -0.05) is 0 Å². The predicted molar refractivity (Wildman–Crippen MR) is 77.8 cm³/mol. The zero-order valence-electron chi connectivity index (χ0n) is 11.8. The van der Waals surface area contributed by atoms with Crippen LogP contribution in [0.1, 0.15) is 13.3 Å². The van der Waals surface area contributed by atoms with Crippen LogP contribution < -0.4 is 10.1 Å². The van der Waals surface area contributed by atoms with E-state index in [1.807, 2.05) is 0 Å². The van der Waals surface area contributed by atoms with E-state index in [1.165, 1.54) is 6.07 Å². The van der Waals surface area contributed by atoms with Crippen LogP contribution in [-0.2, 0) is 4.79 Å². The lowest BCUT2D eigenvalue weighted by atomic mass is 10.3. The van der Waals surface area contributed by atoms with Crippen LogP contribution >= 0.6 is 12.4 Å². The van der Waals surface area contributed by atoms with Gasteiger partial charge in [0.2, 0.25) is 0 Å². The van der Waals surface area contributed by atoms with Gasteiger partial charge in [-0.15, -0.1) is 12.4 Å². The lowest BCUT2D eigenvalue weighted by Crippen LogP contribution is -2.42. The maximum atomic E-state index is 13.1. The molecule has 1 atom stereocenters. The monoisotopic (exact) mass is 320 g/mol. The summed E-state index contributed by atoms with van der Waals surface area (Å²) in [6.45, 7) is 4.56. The minimum atomic E-state index is -0.985. The molecule has 21 heavy (non-hydrogen) atoms. The standard InChI is InChI=1S/C14H18F2N2O2.ClH/c1-10(14(19)18-7-2-5-17-6-8-18)20-11-3-4-12(15)13(16)9-11;/h3-4,9-10,17H,2,5-8H2,1H3;1H. The molecule has 7 heteroatoms. The van der Waals surface area contributed by atoms with Crippen LogP contribution in [0, 0.1) is 11.6 Å². The number of rotatable bonds is 3. The molecule has 0 aromatic heterocycles. The summed E-state index contributed by atoms with van der Waals surface area (Å²) in [6, 6.07) is 3.24. The van der Waals surface area contributed by atoms with Gasteiger partial charge in [-0.05, 0) is 32.0 Å². The maximum Gasteiger partial charge on any atom is 0.263 e. The van der Waals surface area contributed by atoms with Gasteiger partial charge in [0.15, 0.2) is 17.7 Å². The molecule has 0 aliphatic carbocycles. The number of nitrogens with zero attached hydrogens (tertiary/aromatic N) is 1. The fourth-order valence-electron chi connectivity index (χ4n) is 2.13. The van der Waals surface area contributed by atoms with Crippen LogP contribution in [0.3, 0.4) is 0 Å². The van der Waals surface area contributed by atoms with Crippen molar-refractivity contribution in [1.82, 2.24) is 10.2 Å². The first-order chi connectivity index (χ1) is 9.58. The highest BCUT2D eigenvalue weighted by molar-refractivity contribution is 5.85. The van der Waals surface area contributed by atoms with Crippen molar-refractivity contribution in [2.75, 3.05) is 26.2 Å². The number of amides is 1. The summed E-state index contributed by atoms with van der Waals surface area (Å²) in [5.41, 5.74) is 0. The van der Waals surface area contributed by atoms with Crippen molar-refractivity contribution in [2.45, 2.75) is 19.4 Å². The van der Waals surface area contributed by atoms with Crippen molar-refractivity contribution in [3.05, 3.63) is 29.8 Å². The van der Waals surface area contributed by atoms with Crippen LogP contribution in [0.5, 0.6) is 5.75 Å². The summed E-state index contributed by atoms with van der Waals surface area (Å²) < 4.78 is 31.3. The first-order valence-electron chi connectivity index (χ1n) is 6.69. The number of hydrogen-bond acceptors (Lipinski definition) is 3. The van der Waals surface area contributed by atoms with Gasteiger partial charge in [0.05, 0.1) is 0 Å². The lowest BCUT2D eigenvalue weighted by molar-refractivity contribution is -0.137. The number of hydrogen-bond donors (Lipinski definition) is 1. The molecule has 1 unspecified atom stereocenters. The van der Waals surface area contributed by atoms with Gasteiger partial charge < -0.3 is 15.0 Å². The number of carbonyl (C=O) groups excluding carboxylic acids is 1. The Balaban J connectivity index is 0.00000220. The van der Waals surface area contributed by atoms with Gasteiger partial charge in [0.1, 0.15) is 5.75 Å². The van der Waals surface area contributed by atoms with Crippen LogP contribution in [-0.4, -0.2) is 43.1 Å². The third-order valence-corrected chi connectivity index (χ3v) is 3.20. The number of carbonyl (C=O) groups is 1. The minimum absolute atomic E-state index is 0. The van der Waals surface area contributed by atoms with Crippen molar-refractivity contribution in [3.63, 3.8) is 0 Å². The largest absolute Gasteiger partial charge is 0.481 e. The molecular weight excluding hydrogens is 302 g/mol. The van der Waals surface area contributed by atoms with Gasteiger partial charge >= 0.3 is 0 Å². The van der Waals surface area contributed by atoms with Gasteiger partial charge in [-0.3, -0.25) is 4.79 Å². The Morgan fingerprint density at radius 1 is 1.29 bits per heavy atom.